The number of benzene rings is 1. The van der Waals surface area contributed by atoms with Gasteiger partial charge in [-0.25, -0.2) is 0 Å². The van der Waals surface area contributed by atoms with E-state index >= 15 is 0 Å². The highest BCUT2D eigenvalue weighted by atomic mass is 16.1. The molecule has 4 unspecified atom stereocenters. The molecule has 124 valence electrons. The van der Waals surface area contributed by atoms with Gasteiger partial charge in [0.15, 0.2) is 0 Å². The van der Waals surface area contributed by atoms with E-state index in [1.165, 1.54) is 37.7 Å². The molecule has 0 radical (unpaired) electrons. The monoisotopic (exact) mass is 312 g/mol. The van der Waals surface area contributed by atoms with Crippen LogP contribution in [0.4, 0.5) is 0 Å². The highest BCUT2D eigenvalue weighted by molar-refractivity contribution is 5.77. The van der Waals surface area contributed by atoms with Crippen molar-refractivity contribution in [3.8, 4) is 0 Å². The van der Waals surface area contributed by atoms with Gasteiger partial charge < -0.3 is 5.32 Å². The van der Waals surface area contributed by atoms with Crippen molar-refractivity contribution in [2.75, 3.05) is 13.1 Å². The van der Waals surface area contributed by atoms with E-state index in [2.05, 4.69) is 40.5 Å². The largest absolute Gasteiger partial charge is 0.352 e. The van der Waals surface area contributed by atoms with Gasteiger partial charge in [0.1, 0.15) is 0 Å². The highest BCUT2D eigenvalue weighted by Crippen LogP contribution is 2.41. The summed E-state index contributed by atoms with van der Waals surface area (Å²) >= 11 is 0. The van der Waals surface area contributed by atoms with Crippen molar-refractivity contribution in [3.63, 3.8) is 0 Å². The maximum absolute atomic E-state index is 12.3. The van der Waals surface area contributed by atoms with E-state index in [1.54, 1.807) is 0 Å². The van der Waals surface area contributed by atoms with E-state index in [0.717, 1.165) is 32.0 Å². The smallest absolute Gasteiger partial charge is 0.220 e. The van der Waals surface area contributed by atoms with Crippen LogP contribution < -0.4 is 5.32 Å². The van der Waals surface area contributed by atoms with Crippen molar-refractivity contribution in [2.24, 2.45) is 17.8 Å². The van der Waals surface area contributed by atoms with Crippen LogP contribution in [0.3, 0.4) is 0 Å². The summed E-state index contributed by atoms with van der Waals surface area (Å²) in [5.41, 5.74) is 1.38. The number of likely N-dealkylation sites (tertiary alicyclic amines) is 1. The molecule has 3 aliphatic rings. The minimum absolute atomic E-state index is 0.302. The number of amides is 1. The van der Waals surface area contributed by atoms with Gasteiger partial charge in [-0.3, -0.25) is 9.69 Å². The molecule has 1 saturated carbocycles. The number of nitrogens with zero attached hydrogens (tertiary/aromatic N) is 1. The third-order valence-corrected chi connectivity index (χ3v) is 6.25. The van der Waals surface area contributed by atoms with Crippen LogP contribution in [0.2, 0.25) is 0 Å². The topological polar surface area (TPSA) is 32.3 Å². The van der Waals surface area contributed by atoms with E-state index < -0.39 is 0 Å². The summed E-state index contributed by atoms with van der Waals surface area (Å²) in [4.78, 5) is 14.9. The normalized spacial score (nSPS) is 34.9. The number of nitrogens with one attached hydrogen (secondary N) is 1. The molecule has 23 heavy (non-hydrogen) atoms. The van der Waals surface area contributed by atoms with E-state index in [9.17, 15) is 4.79 Å². The summed E-state index contributed by atoms with van der Waals surface area (Å²) < 4.78 is 0. The molecule has 1 amide bonds. The lowest BCUT2D eigenvalue weighted by molar-refractivity contribution is -0.122. The zero-order valence-electron chi connectivity index (χ0n) is 13.9. The second-order valence-electron chi connectivity index (χ2n) is 7.78. The van der Waals surface area contributed by atoms with Crippen LogP contribution in [-0.4, -0.2) is 29.9 Å². The molecule has 3 nitrogen and oxygen atoms in total. The quantitative estimate of drug-likeness (QED) is 0.909. The highest BCUT2D eigenvalue weighted by Gasteiger charge is 2.44. The molecule has 1 aromatic rings. The minimum Gasteiger partial charge on any atom is -0.352 e. The third-order valence-electron chi connectivity index (χ3n) is 6.25. The predicted molar refractivity (Wildman–Crippen MR) is 91.8 cm³/mol. The second-order valence-corrected chi connectivity index (χ2v) is 7.78. The minimum atomic E-state index is 0.302. The van der Waals surface area contributed by atoms with E-state index in [1.807, 2.05) is 0 Å². The van der Waals surface area contributed by atoms with Gasteiger partial charge in [0, 0.05) is 32.1 Å². The molecule has 3 heteroatoms. The van der Waals surface area contributed by atoms with Crippen LogP contribution in [-0.2, 0) is 11.3 Å². The van der Waals surface area contributed by atoms with Gasteiger partial charge in [0.05, 0.1) is 0 Å². The third kappa shape index (κ3) is 3.30. The number of hydrogen-bond acceptors (Lipinski definition) is 2. The van der Waals surface area contributed by atoms with E-state index in [0.29, 0.717) is 23.8 Å². The van der Waals surface area contributed by atoms with Crippen molar-refractivity contribution in [1.29, 1.82) is 0 Å². The van der Waals surface area contributed by atoms with Crippen LogP contribution in [0.15, 0.2) is 30.3 Å². The van der Waals surface area contributed by atoms with Gasteiger partial charge in [0.25, 0.3) is 0 Å². The molecule has 1 aliphatic carbocycles. The molecule has 1 N–H and O–H groups in total. The van der Waals surface area contributed by atoms with Crippen molar-refractivity contribution >= 4 is 5.91 Å². The molecule has 2 heterocycles. The van der Waals surface area contributed by atoms with Gasteiger partial charge >= 0.3 is 0 Å². The van der Waals surface area contributed by atoms with Crippen LogP contribution in [0.5, 0.6) is 0 Å². The first-order valence-electron chi connectivity index (χ1n) is 9.35. The molecular weight excluding hydrogens is 284 g/mol. The Morgan fingerprint density at radius 2 is 1.83 bits per heavy atom. The first-order valence-corrected chi connectivity index (χ1v) is 9.35. The summed E-state index contributed by atoms with van der Waals surface area (Å²) in [5.74, 6) is 2.34. The summed E-state index contributed by atoms with van der Waals surface area (Å²) in [6.45, 7) is 3.19. The Morgan fingerprint density at radius 3 is 2.70 bits per heavy atom. The van der Waals surface area contributed by atoms with Gasteiger partial charge in [-0.2, -0.15) is 0 Å². The van der Waals surface area contributed by atoms with Crippen molar-refractivity contribution in [1.82, 2.24) is 10.2 Å². The van der Waals surface area contributed by atoms with Crippen LogP contribution in [0, 0.1) is 17.8 Å². The Bertz CT molecular complexity index is 544. The Morgan fingerprint density at radius 1 is 1.00 bits per heavy atom. The first kappa shape index (κ1) is 15.2. The number of fused-ring (bicyclic) bond motifs is 3. The molecule has 4 atom stereocenters. The number of carbonyl (C=O) groups excluding carboxylic acids is 1. The second kappa shape index (κ2) is 6.64. The summed E-state index contributed by atoms with van der Waals surface area (Å²) in [6.07, 6.45) is 7.41. The Hall–Kier alpha value is -1.35. The average molecular weight is 312 g/mol. The van der Waals surface area contributed by atoms with Gasteiger partial charge in [-0.05, 0) is 36.2 Å². The molecular formula is C20H28N2O. The molecule has 0 bridgehead atoms. The fourth-order valence-corrected chi connectivity index (χ4v) is 5.20. The molecule has 0 spiro atoms. The lowest BCUT2D eigenvalue weighted by atomic mass is 9.76. The van der Waals surface area contributed by atoms with Gasteiger partial charge in [-0.1, -0.05) is 49.6 Å². The van der Waals surface area contributed by atoms with Crippen LogP contribution >= 0.6 is 0 Å². The zero-order chi connectivity index (χ0) is 15.6. The van der Waals surface area contributed by atoms with Gasteiger partial charge in [0.2, 0.25) is 5.91 Å². The Labute approximate surface area is 139 Å². The maximum atomic E-state index is 12.3. The summed E-state index contributed by atoms with van der Waals surface area (Å²) in [7, 11) is 0. The number of carbonyl (C=O) groups is 1. The van der Waals surface area contributed by atoms with Crippen LogP contribution in [0.25, 0.3) is 0 Å². The first-order chi connectivity index (χ1) is 11.3. The molecule has 1 aromatic carbocycles. The molecule has 2 saturated heterocycles. The molecule has 4 rings (SSSR count). The Kier molecular flexibility index (Phi) is 4.39. The SMILES string of the molecule is O=C1CC2CCCCCC2C2CN(Cc3ccccc3)CC2N1. The number of hydrogen-bond donors (Lipinski definition) is 1. The molecule has 2 aliphatic heterocycles. The summed E-state index contributed by atoms with van der Waals surface area (Å²) in [5, 5.41) is 3.35. The zero-order valence-corrected chi connectivity index (χ0v) is 13.9. The molecule has 0 aromatic heterocycles. The van der Waals surface area contributed by atoms with Crippen molar-refractivity contribution in [2.45, 2.75) is 51.1 Å². The fourth-order valence-electron chi connectivity index (χ4n) is 5.20. The maximum Gasteiger partial charge on any atom is 0.220 e. The lowest BCUT2D eigenvalue weighted by Crippen LogP contribution is -2.39. The standard InChI is InChI=1S/C20H28N2O/c23-20-11-16-9-5-2-6-10-17(16)18-13-22(14-19(18)21-20)12-15-7-3-1-4-8-15/h1,3-4,7-8,16-19H,2,5-6,9-14H2,(H,21,23). The summed E-state index contributed by atoms with van der Waals surface area (Å²) in [6, 6.07) is 11.1. The predicted octanol–water partition coefficient (Wildman–Crippen LogP) is 3.20. The van der Waals surface area contributed by atoms with Crippen molar-refractivity contribution in [3.05, 3.63) is 35.9 Å². The lowest BCUT2D eigenvalue weighted by Gasteiger charge is -2.29. The van der Waals surface area contributed by atoms with Crippen molar-refractivity contribution < 1.29 is 4.79 Å². The number of rotatable bonds is 2. The fraction of sp³-hybridized carbons (Fsp3) is 0.650. The van der Waals surface area contributed by atoms with Gasteiger partial charge in [-0.15, -0.1) is 0 Å². The van der Waals surface area contributed by atoms with E-state index in [-0.39, 0.29) is 0 Å². The average Bonchev–Trinajstić information content (AvgIpc) is 2.72. The molecule has 3 fully saturated rings. The Balaban J connectivity index is 1.50. The van der Waals surface area contributed by atoms with E-state index in [4.69, 9.17) is 0 Å². The van der Waals surface area contributed by atoms with Crippen LogP contribution in [0.1, 0.15) is 44.1 Å².